The van der Waals surface area contributed by atoms with Crippen molar-refractivity contribution in [3.05, 3.63) is 0 Å². The van der Waals surface area contributed by atoms with E-state index in [1.165, 1.54) is 0 Å². The van der Waals surface area contributed by atoms with E-state index in [1.54, 1.807) is 4.90 Å². The van der Waals surface area contributed by atoms with Crippen molar-refractivity contribution in [3.63, 3.8) is 0 Å². The second-order valence-electron chi connectivity index (χ2n) is 5.03. The predicted molar refractivity (Wildman–Crippen MR) is 75.3 cm³/mol. The lowest BCUT2D eigenvalue weighted by Crippen LogP contribution is -2.52. The van der Waals surface area contributed by atoms with Gasteiger partial charge in [0.25, 0.3) is 0 Å². The fourth-order valence-electron chi connectivity index (χ4n) is 2.06. The molecule has 0 bridgehead atoms. The minimum absolute atomic E-state index is 0.0380. The van der Waals surface area contributed by atoms with E-state index in [9.17, 15) is 9.59 Å². The van der Waals surface area contributed by atoms with Crippen molar-refractivity contribution < 1.29 is 14.7 Å². The number of hydrogen-bond donors (Lipinski definition) is 2. The summed E-state index contributed by atoms with van der Waals surface area (Å²) >= 11 is 0. The molecule has 0 fully saturated rings. The Balaban J connectivity index is 4.61. The number of rotatable bonds is 8. The quantitative estimate of drug-likeness (QED) is 0.697. The monoisotopic (exact) mass is 273 g/mol. The van der Waals surface area contributed by atoms with Gasteiger partial charge in [0.2, 0.25) is 0 Å². The molecule has 0 aromatic rings. The van der Waals surface area contributed by atoms with Gasteiger partial charge >= 0.3 is 12.0 Å². The van der Waals surface area contributed by atoms with Crippen LogP contribution in [0.5, 0.6) is 0 Å². The van der Waals surface area contributed by atoms with Crippen molar-refractivity contribution in [2.75, 3.05) is 27.2 Å². The smallest absolute Gasteiger partial charge is 0.326 e. The lowest BCUT2D eigenvalue weighted by molar-refractivity contribution is -0.139. The zero-order valence-electron chi connectivity index (χ0n) is 12.6. The molecule has 0 aromatic heterocycles. The van der Waals surface area contributed by atoms with E-state index in [4.69, 9.17) is 5.11 Å². The van der Waals surface area contributed by atoms with Crippen molar-refractivity contribution in [2.45, 2.75) is 45.7 Å². The minimum atomic E-state index is -0.980. The number of aliphatic carboxylic acids is 1. The molecule has 2 atom stereocenters. The third kappa shape index (κ3) is 6.42. The van der Waals surface area contributed by atoms with Crippen molar-refractivity contribution in [3.8, 4) is 0 Å². The summed E-state index contributed by atoms with van der Waals surface area (Å²) in [6, 6.07) is -1.08. The summed E-state index contributed by atoms with van der Waals surface area (Å²) in [6.07, 6.45) is 1.16. The molecule has 0 aliphatic rings. The number of carbonyl (C=O) groups excluding carboxylic acids is 1. The van der Waals surface area contributed by atoms with Gasteiger partial charge in [-0.25, -0.2) is 9.59 Å². The molecule has 0 saturated carbocycles. The molecule has 0 spiro atoms. The van der Waals surface area contributed by atoms with Gasteiger partial charge in [0, 0.05) is 19.1 Å². The molecule has 2 N–H and O–H groups in total. The van der Waals surface area contributed by atoms with Gasteiger partial charge in [0.05, 0.1) is 0 Å². The molecule has 6 nitrogen and oxygen atoms in total. The largest absolute Gasteiger partial charge is 0.480 e. The number of amides is 2. The van der Waals surface area contributed by atoms with Crippen LogP contribution in [0.1, 0.15) is 33.6 Å². The van der Waals surface area contributed by atoms with Gasteiger partial charge in [0.1, 0.15) is 6.04 Å². The van der Waals surface area contributed by atoms with Crippen LogP contribution in [0.3, 0.4) is 0 Å². The van der Waals surface area contributed by atoms with Crippen LogP contribution in [-0.2, 0) is 4.79 Å². The summed E-state index contributed by atoms with van der Waals surface area (Å²) in [5.41, 5.74) is 0. The third-order valence-electron chi connectivity index (χ3n) is 2.94. The summed E-state index contributed by atoms with van der Waals surface area (Å²) in [5.74, 6) is -0.980. The normalized spacial score (nSPS) is 14.0. The lowest BCUT2D eigenvalue weighted by atomic mass is 10.2. The Morgan fingerprint density at radius 1 is 1.26 bits per heavy atom. The number of nitrogens with zero attached hydrogens (tertiary/aromatic N) is 2. The molecular formula is C13H27N3O3. The maximum absolute atomic E-state index is 12.1. The highest BCUT2D eigenvalue weighted by Gasteiger charge is 2.24. The third-order valence-corrected chi connectivity index (χ3v) is 2.94. The number of nitrogens with one attached hydrogen (secondary N) is 1. The van der Waals surface area contributed by atoms with Gasteiger partial charge in [-0.15, -0.1) is 0 Å². The standard InChI is InChI=1S/C13H27N3O3/c1-6-8-11(12(17)18)14-13(19)16(7-2)10(3)9-15(4)5/h10-11H,6-9H2,1-5H3,(H,14,19)(H,17,18)/t10?,11-/m0/s1. The zero-order chi connectivity index (χ0) is 15.0. The molecule has 0 radical (unpaired) electrons. The molecule has 0 rings (SSSR count). The van der Waals surface area contributed by atoms with Gasteiger partial charge in [0.15, 0.2) is 0 Å². The topological polar surface area (TPSA) is 72.9 Å². The minimum Gasteiger partial charge on any atom is -0.480 e. The van der Waals surface area contributed by atoms with Crippen molar-refractivity contribution in [1.82, 2.24) is 15.1 Å². The molecule has 2 amide bonds. The number of urea groups is 1. The van der Waals surface area contributed by atoms with Gasteiger partial charge in [-0.3, -0.25) is 0 Å². The Hall–Kier alpha value is -1.30. The number of carbonyl (C=O) groups is 2. The SMILES string of the molecule is CCC[C@H](NC(=O)N(CC)C(C)CN(C)C)C(=O)O. The van der Waals surface area contributed by atoms with E-state index in [2.05, 4.69) is 5.32 Å². The van der Waals surface area contributed by atoms with Crippen LogP contribution in [0, 0.1) is 0 Å². The van der Waals surface area contributed by atoms with E-state index in [0.29, 0.717) is 13.0 Å². The van der Waals surface area contributed by atoms with Crippen molar-refractivity contribution in [1.29, 1.82) is 0 Å². The van der Waals surface area contributed by atoms with E-state index in [-0.39, 0.29) is 12.1 Å². The van der Waals surface area contributed by atoms with Crippen molar-refractivity contribution in [2.24, 2.45) is 0 Å². The van der Waals surface area contributed by atoms with E-state index >= 15 is 0 Å². The lowest BCUT2D eigenvalue weighted by Gasteiger charge is -2.31. The van der Waals surface area contributed by atoms with Crippen LogP contribution >= 0.6 is 0 Å². The van der Waals surface area contributed by atoms with Gasteiger partial charge in [-0.05, 0) is 34.4 Å². The molecule has 0 heterocycles. The average Bonchev–Trinajstić information content (AvgIpc) is 2.28. The average molecular weight is 273 g/mol. The van der Waals surface area contributed by atoms with Crippen LogP contribution in [-0.4, -0.2) is 66.2 Å². The first kappa shape index (κ1) is 17.7. The molecule has 1 unspecified atom stereocenters. The van der Waals surface area contributed by atoms with E-state index in [0.717, 1.165) is 13.0 Å². The Labute approximate surface area is 115 Å². The molecule has 0 aromatic carbocycles. The highest BCUT2D eigenvalue weighted by molar-refractivity contribution is 5.82. The van der Waals surface area contributed by atoms with Crippen molar-refractivity contribution >= 4 is 12.0 Å². The second-order valence-corrected chi connectivity index (χ2v) is 5.03. The van der Waals surface area contributed by atoms with Gasteiger partial charge in [-0.1, -0.05) is 13.3 Å². The van der Waals surface area contributed by atoms with E-state index < -0.39 is 12.0 Å². The number of likely N-dealkylation sites (N-methyl/N-ethyl adjacent to an activating group) is 2. The molecule has 0 saturated heterocycles. The summed E-state index contributed by atoms with van der Waals surface area (Å²) in [5, 5.41) is 11.6. The van der Waals surface area contributed by atoms with Crippen LogP contribution in [0.15, 0.2) is 0 Å². The highest BCUT2D eigenvalue weighted by Crippen LogP contribution is 2.04. The molecular weight excluding hydrogens is 246 g/mol. The second kappa shape index (κ2) is 8.74. The van der Waals surface area contributed by atoms with E-state index in [1.807, 2.05) is 39.8 Å². The predicted octanol–water partition coefficient (Wildman–Crippen LogP) is 1.22. The maximum atomic E-state index is 12.1. The summed E-state index contributed by atoms with van der Waals surface area (Å²) in [7, 11) is 3.89. The molecule has 6 heteroatoms. The van der Waals surface area contributed by atoms with Crippen LogP contribution in [0.25, 0.3) is 0 Å². The Morgan fingerprint density at radius 3 is 2.21 bits per heavy atom. The summed E-state index contributed by atoms with van der Waals surface area (Å²) < 4.78 is 0. The number of carboxylic acid groups (broad SMARTS) is 1. The van der Waals surface area contributed by atoms with Crippen LogP contribution in [0.2, 0.25) is 0 Å². The molecule has 112 valence electrons. The maximum Gasteiger partial charge on any atom is 0.326 e. The van der Waals surface area contributed by atoms with Gasteiger partial charge in [-0.2, -0.15) is 0 Å². The number of carboxylic acids is 1. The Kier molecular flexibility index (Phi) is 8.14. The fraction of sp³-hybridized carbons (Fsp3) is 0.846. The summed E-state index contributed by atoms with van der Waals surface area (Å²) in [6.45, 7) is 7.04. The fourth-order valence-corrected chi connectivity index (χ4v) is 2.06. The molecule has 0 aliphatic carbocycles. The summed E-state index contributed by atoms with van der Waals surface area (Å²) in [4.78, 5) is 26.8. The van der Waals surface area contributed by atoms with Crippen LogP contribution in [0.4, 0.5) is 4.79 Å². The Bertz CT molecular complexity index is 295. The first-order chi connectivity index (χ1) is 8.83. The Morgan fingerprint density at radius 2 is 1.84 bits per heavy atom. The first-order valence-corrected chi connectivity index (χ1v) is 6.78. The molecule has 19 heavy (non-hydrogen) atoms. The van der Waals surface area contributed by atoms with Crippen LogP contribution < -0.4 is 5.32 Å². The zero-order valence-corrected chi connectivity index (χ0v) is 12.6. The van der Waals surface area contributed by atoms with Gasteiger partial charge < -0.3 is 20.2 Å². The first-order valence-electron chi connectivity index (χ1n) is 6.78. The molecule has 0 aliphatic heterocycles. The number of hydrogen-bond acceptors (Lipinski definition) is 3. The highest BCUT2D eigenvalue weighted by atomic mass is 16.4.